The number of rotatable bonds is 5. The number of nitrogens with zero attached hydrogens (tertiary/aromatic N) is 1. The minimum absolute atomic E-state index is 0.0636. The van der Waals surface area contributed by atoms with Crippen LogP contribution in [0.5, 0.6) is 5.88 Å². The molecule has 1 aromatic heterocycles. The summed E-state index contributed by atoms with van der Waals surface area (Å²) >= 11 is 0. The second kappa shape index (κ2) is 5.05. The van der Waals surface area contributed by atoms with Gasteiger partial charge in [0, 0.05) is 5.54 Å². The molecule has 4 heteroatoms. The lowest BCUT2D eigenvalue weighted by molar-refractivity contribution is 0.399. The molecule has 16 heavy (non-hydrogen) atoms. The molecule has 0 spiro atoms. The zero-order valence-corrected chi connectivity index (χ0v) is 10.5. The lowest BCUT2D eigenvalue weighted by Crippen LogP contribution is -2.33. The van der Waals surface area contributed by atoms with Crippen LogP contribution < -0.4 is 15.8 Å². The topological polar surface area (TPSA) is 60.2 Å². The summed E-state index contributed by atoms with van der Waals surface area (Å²) in [5.74, 6) is 1.27. The summed E-state index contributed by atoms with van der Waals surface area (Å²) in [6.45, 7) is 6.49. The van der Waals surface area contributed by atoms with Gasteiger partial charge in [0.05, 0.1) is 12.8 Å². The van der Waals surface area contributed by atoms with Crippen molar-refractivity contribution in [2.45, 2.75) is 39.2 Å². The Balaban J connectivity index is 2.89. The van der Waals surface area contributed by atoms with Crippen molar-refractivity contribution in [2.75, 3.05) is 18.2 Å². The number of hydrogen-bond acceptors (Lipinski definition) is 4. The van der Waals surface area contributed by atoms with Gasteiger partial charge in [0.2, 0.25) is 5.88 Å². The first-order chi connectivity index (χ1) is 7.54. The Hall–Kier alpha value is -1.45. The molecule has 1 heterocycles. The molecule has 0 saturated carbocycles. The van der Waals surface area contributed by atoms with Crippen LogP contribution in [-0.4, -0.2) is 17.6 Å². The Labute approximate surface area is 97.2 Å². The van der Waals surface area contributed by atoms with Gasteiger partial charge < -0.3 is 15.8 Å². The van der Waals surface area contributed by atoms with Crippen LogP contribution in [0.1, 0.15) is 33.6 Å². The molecule has 90 valence electrons. The Morgan fingerprint density at radius 3 is 2.50 bits per heavy atom. The molecular weight excluding hydrogens is 202 g/mol. The monoisotopic (exact) mass is 223 g/mol. The van der Waals surface area contributed by atoms with Crippen LogP contribution in [0.25, 0.3) is 0 Å². The number of ether oxygens (including phenoxy) is 1. The standard InChI is InChI=1S/C12H21N3O/c1-5-12(3,6-2)15-10-8-7-9(13)11(14-10)16-4/h7-8H,5-6,13H2,1-4H3,(H,14,15). The fourth-order valence-corrected chi connectivity index (χ4v) is 1.42. The number of aromatic nitrogens is 1. The molecule has 0 amide bonds. The Kier molecular flexibility index (Phi) is 3.99. The van der Waals surface area contributed by atoms with Gasteiger partial charge in [-0.3, -0.25) is 0 Å². The minimum atomic E-state index is 0.0636. The smallest absolute Gasteiger partial charge is 0.238 e. The quantitative estimate of drug-likeness (QED) is 0.805. The Bertz CT molecular complexity index is 348. The molecule has 3 N–H and O–H groups in total. The van der Waals surface area contributed by atoms with Gasteiger partial charge in [0.15, 0.2) is 0 Å². The molecule has 1 rings (SSSR count). The summed E-state index contributed by atoms with van der Waals surface area (Å²) in [6.07, 6.45) is 2.08. The van der Waals surface area contributed by atoms with E-state index >= 15 is 0 Å². The third-order valence-corrected chi connectivity index (χ3v) is 3.07. The van der Waals surface area contributed by atoms with Crippen molar-refractivity contribution < 1.29 is 4.74 Å². The second-order valence-corrected chi connectivity index (χ2v) is 4.19. The van der Waals surface area contributed by atoms with E-state index in [1.807, 2.05) is 6.07 Å². The van der Waals surface area contributed by atoms with Crippen molar-refractivity contribution in [1.29, 1.82) is 0 Å². The Morgan fingerprint density at radius 2 is 2.00 bits per heavy atom. The predicted octanol–water partition coefficient (Wildman–Crippen LogP) is 2.66. The maximum Gasteiger partial charge on any atom is 0.238 e. The molecule has 0 unspecified atom stereocenters. The van der Waals surface area contributed by atoms with Gasteiger partial charge in [-0.15, -0.1) is 0 Å². The van der Waals surface area contributed by atoms with E-state index in [1.54, 1.807) is 13.2 Å². The van der Waals surface area contributed by atoms with Crippen LogP contribution in [-0.2, 0) is 0 Å². The van der Waals surface area contributed by atoms with Crippen molar-refractivity contribution >= 4 is 11.5 Å². The summed E-state index contributed by atoms with van der Waals surface area (Å²) in [6, 6.07) is 3.68. The largest absolute Gasteiger partial charge is 0.479 e. The van der Waals surface area contributed by atoms with Gasteiger partial charge >= 0.3 is 0 Å². The van der Waals surface area contributed by atoms with Gasteiger partial charge in [-0.05, 0) is 31.9 Å². The molecule has 0 aliphatic carbocycles. The predicted molar refractivity (Wildman–Crippen MR) is 67.8 cm³/mol. The SMILES string of the molecule is CCC(C)(CC)Nc1ccc(N)c(OC)n1. The maximum absolute atomic E-state index is 5.71. The van der Waals surface area contributed by atoms with Crippen molar-refractivity contribution in [2.24, 2.45) is 0 Å². The third-order valence-electron chi connectivity index (χ3n) is 3.07. The molecule has 0 atom stereocenters. The molecule has 0 aliphatic heterocycles. The van der Waals surface area contributed by atoms with E-state index in [-0.39, 0.29) is 5.54 Å². The lowest BCUT2D eigenvalue weighted by Gasteiger charge is -2.29. The number of nitrogens with one attached hydrogen (secondary N) is 1. The number of hydrogen-bond donors (Lipinski definition) is 2. The first-order valence-corrected chi connectivity index (χ1v) is 5.63. The average Bonchev–Trinajstić information content (AvgIpc) is 2.31. The van der Waals surface area contributed by atoms with Gasteiger partial charge in [-0.2, -0.15) is 4.98 Å². The number of nitrogens with two attached hydrogens (primary N) is 1. The zero-order chi connectivity index (χ0) is 12.2. The maximum atomic E-state index is 5.71. The summed E-state index contributed by atoms with van der Waals surface area (Å²) in [4.78, 5) is 4.31. The Morgan fingerprint density at radius 1 is 1.38 bits per heavy atom. The molecule has 0 saturated heterocycles. The molecule has 1 aromatic rings. The van der Waals surface area contributed by atoms with Crippen LogP contribution in [0.15, 0.2) is 12.1 Å². The van der Waals surface area contributed by atoms with Gasteiger partial charge in [-0.25, -0.2) is 0 Å². The van der Waals surface area contributed by atoms with Crippen LogP contribution in [0.3, 0.4) is 0 Å². The molecule has 0 fully saturated rings. The van der Waals surface area contributed by atoms with Crippen LogP contribution in [0.4, 0.5) is 11.5 Å². The zero-order valence-electron chi connectivity index (χ0n) is 10.5. The van der Waals surface area contributed by atoms with E-state index in [2.05, 4.69) is 31.1 Å². The van der Waals surface area contributed by atoms with Crippen molar-refractivity contribution in [3.63, 3.8) is 0 Å². The van der Waals surface area contributed by atoms with Crippen LogP contribution in [0, 0.1) is 0 Å². The summed E-state index contributed by atoms with van der Waals surface area (Å²) in [5, 5.41) is 3.41. The fraction of sp³-hybridized carbons (Fsp3) is 0.583. The molecular formula is C12H21N3O. The molecule has 0 bridgehead atoms. The third kappa shape index (κ3) is 2.78. The first-order valence-electron chi connectivity index (χ1n) is 5.63. The summed E-state index contributed by atoms with van der Waals surface area (Å²) < 4.78 is 5.09. The fourth-order valence-electron chi connectivity index (χ4n) is 1.42. The van der Waals surface area contributed by atoms with Crippen LogP contribution >= 0.6 is 0 Å². The molecule has 0 radical (unpaired) electrons. The minimum Gasteiger partial charge on any atom is -0.479 e. The lowest BCUT2D eigenvalue weighted by atomic mass is 9.96. The van der Waals surface area contributed by atoms with Gasteiger partial charge in [0.25, 0.3) is 0 Å². The van der Waals surface area contributed by atoms with E-state index in [0.717, 1.165) is 18.7 Å². The highest BCUT2D eigenvalue weighted by molar-refractivity contribution is 5.54. The highest BCUT2D eigenvalue weighted by Gasteiger charge is 2.19. The van der Waals surface area contributed by atoms with E-state index in [1.165, 1.54) is 0 Å². The number of methoxy groups -OCH3 is 1. The number of nitrogen functional groups attached to an aromatic ring is 1. The number of anilines is 2. The summed E-state index contributed by atoms with van der Waals surface area (Å²) in [7, 11) is 1.57. The molecule has 0 aromatic carbocycles. The van der Waals surface area contributed by atoms with Crippen molar-refractivity contribution in [3.05, 3.63) is 12.1 Å². The normalized spacial score (nSPS) is 11.2. The van der Waals surface area contributed by atoms with Crippen LogP contribution in [0.2, 0.25) is 0 Å². The number of pyridine rings is 1. The highest BCUT2D eigenvalue weighted by Crippen LogP contribution is 2.24. The highest BCUT2D eigenvalue weighted by atomic mass is 16.5. The van der Waals surface area contributed by atoms with E-state index < -0.39 is 0 Å². The average molecular weight is 223 g/mol. The van der Waals surface area contributed by atoms with E-state index in [9.17, 15) is 0 Å². The van der Waals surface area contributed by atoms with Gasteiger partial charge in [0.1, 0.15) is 5.82 Å². The first kappa shape index (κ1) is 12.6. The molecule has 4 nitrogen and oxygen atoms in total. The van der Waals surface area contributed by atoms with Crippen molar-refractivity contribution in [1.82, 2.24) is 4.98 Å². The second-order valence-electron chi connectivity index (χ2n) is 4.19. The van der Waals surface area contributed by atoms with E-state index in [0.29, 0.717) is 11.6 Å². The van der Waals surface area contributed by atoms with E-state index in [4.69, 9.17) is 10.5 Å². The van der Waals surface area contributed by atoms with Gasteiger partial charge in [-0.1, -0.05) is 13.8 Å². The summed E-state index contributed by atoms with van der Waals surface area (Å²) in [5.41, 5.74) is 6.34. The van der Waals surface area contributed by atoms with Crippen molar-refractivity contribution in [3.8, 4) is 5.88 Å². The molecule has 0 aliphatic rings.